The van der Waals surface area contributed by atoms with Gasteiger partial charge in [-0.15, -0.1) is 0 Å². The van der Waals surface area contributed by atoms with Crippen molar-refractivity contribution in [1.82, 2.24) is 5.32 Å². The summed E-state index contributed by atoms with van der Waals surface area (Å²) < 4.78 is 0. The number of amides is 1. The number of hydrogen-bond acceptors (Lipinski definition) is 1. The normalized spacial score (nSPS) is 18.3. The number of rotatable bonds is 4. The van der Waals surface area contributed by atoms with Crippen LogP contribution in [0.4, 0.5) is 0 Å². The van der Waals surface area contributed by atoms with E-state index in [2.05, 4.69) is 12.2 Å². The molecule has 1 fully saturated rings. The Bertz CT molecular complexity index is 374. The fourth-order valence-electron chi connectivity index (χ4n) is 3.05. The standard InChI is InChI=1S/C16H23NO/c1-2-11-16(12-7-4-8-13-16)17-15(18)14-9-5-3-6-10-14/h3,5-6,9-10H,2,4,7-8,11-13H2,1H3,(H,17,18). The lowest BCUT2D eigenvalue weighted by molar-refractivity contribution is 0.0859. The molecule has 1 saturated carbocycles. The second kappa shape index (κ2) is 6.03. The van der Waals surface area contributed by atoms with Gasteiger partial charge in [-0.1, -0.05) is 50.8 Å². The maximum atomic E-state index is 12.3. The minimum absolute atomic E-state index is 0.0555. The zero-order valence-corrected chi connectivity index (χ0v) is 11.2. The molecule has 0 heterocycles. The molecule has 2 nitrogen and oxygen atoms in total. The number of hydrogen-bond donors (Lipinski definition) is 1. The Labute approximate surface area is 110 Å². The molecule has 1 amide bonds. The first kappa shape index (κ1) is 13.1. The van der Waals surface area contributed by atoms with E-state index in [1.807, 2.05) is 30.3 Å². The summed E-state index contributed by atoms with van der Waals surface area (Å²) in [5.74, 6) is 0.0888. The summed E-state index contributed by atoms with van der Waals surface area (Å²) >= 11 is 0. The molecule has 1 aromatic rings. The van der Waals surface area contributed by atoms with E-state index in [0.29, 0.717) is 0 Å². The monoisotopic (exact) mass is 245 g/mol. The van der Waals surface area contributed by atoms with Crippen LogP contribution >= 0.6 is 0 Å². The summed E-state index contributed by atoms with van der Waals surface area (Å²) in [6, 6.07) is 9.55. The lowest BCUT2D eigenvalue weighted by atomic mass is 9.78. The van der Waals surface area contributed by atoms with Gasteiger partial charge in [0.25, 0.3) is 5.91 Å². The molecule has 0 radical (unpaired) electrons. The second-order valence-corrected chi connectivity index (χ2v) is 5.41. The molecule has 0 aromatic heterocycles. The lowest BCUT2D eigenvalue weighted by Crippen LogP contribution is -2.49. The maximum Gasteiger partial charge on any atom is 0.251 e. The third-order valence-electron chi connectivity index (χ3n) is 3.95. The van der Waals surface area contributed by atoms with Crippen molar-refractivity contribution in [3.63, 3.8) is 0 Å². The van der Waals surface area contributed by atoms with Crippen molar-refractivity contribution in [2.75, 3.05) is 0 Å². The number of nitrogens with one attached hydrogen (secondary N) is 1. The van der Waals surface area contributed by atoms with E-state index < -0.39 is 0 Å². The molecular weight excluding hydrogens is 222 g/mol. The van der Waals surface area contributed by atoms with Crippen LogP contribution in [-0.2, 0) is 0 Å². The average molecular weight is 245 g/mol. The van der Waals surface area contributed by atoms with Crippen LogP contribution in [-0.4, -0.2) is 11.4 Å². The van der Waals surface area contributed by atoms with Gasteiger partial charge in [-0.3, -0.25) is 4.79 Å². The summed E-state index contributed by atoms with van der Waals surface area (Å²) in [5, 5.41) is 3.31. The Morgan fingerprint density at radius 3 is 2.44 bits per heavy atom. The van der Waals surface area contributed by atoms with Gasteiger partial charge in [0.15, 0.2) is 0 Å². The van der Waals surface area contributed by atoms with E-state index in [1.165, 1.54) is 19.3 Å². The number of benzene rings is 1. The zero-order chi connectivity index (χ0) is 12.8. The number of carbonyl (C=O) groups is 1. The molecule has 0 atom stereocenters. The Kier molecular flexibility index (Phi) is 4.40. The smallest absolute Gasteiger partial charge is 0.251 e. The Morgan fingerprint density at radius 1 is 1.17 bits per heavy atom. The summed E-state index contributed by atoms with van der Waals surface area (Å²) in [7, 11) is 0. The van der Waals surface area contributed by atoms with Crippen molar-refractivity contribution >= 4 is 5.91 Å². The SMILES string of the molecule is CCCC1(NC(=O)c2ccccc2)CCCCC1. The lowest BCUT2D eigenvalue weighted by Gasteiger charge is -2.38. The molecule has 1 aliphatic rings. The highest BCUT2D eigenvalue weighted by atomic mass is 16.1. The molecule has 0 saturated heterocycles. The largest absolute Gasteiger partial charge is 0.347 e. The van der Waals surface area contributed by atoms with Gasteiger partial charge in [0.2, 0.25) is 0 Å². The van der Waals surface area contributed by atoms with Crippen molar-refractivity contribution in [1.29, 1.82) is 0 Å². The van der Waals surface area contributed by atoms with Crippen LogP contribution in [0.1, 0.15) is 62.2 Å². The molecule has 0 aliphatic heterocycles. The average Bonchev–Trinajstić information content (AvgIpc) is 2.41. The van der Waals surface area contributed by atoms with Crippen molar-refractivity contribution in [3.8, 4) is 0 Å². The van der Waals surface area contributed by atoms with Crippen molar-refractivity contribution in [2.24, 2.45) is 0 Å². The van der Waals surface area contributed by atoms with Crippen LogP contribution in [0, 0.1) is 0 Å². The highest BCUT2D eigenvalue weighted by Gasteiger charge is 2.32. The van der Waals surface area contributed by atoms with Gasteiger partial charge in [0, 0.05) is 11.1 Å². The van der Waals surface area contributed by atoms with E-state index in [9.17, 15) is 4.79 Å². The van der Waals surface area contributed by atoms with Gasteiger partial charge in [-0.05, 0) is 31.4 Å². The van der Waals surface area contributed by atoms with Crippen molar-refractivity contribution in [3.05, 3.63) is 35.9 Å². The maximum absolute atomic E-state index is 12.3. The first-order chi connectivity index (χ1) is 8.76. The van der Waals surface area contributed by atoms with Gasteiger partial charge in [-0.2, -0.15) is 0 Å². The minimum Gasteiger partial charge on any atom is -0.347 e. The molecule has 1 aromatic carbocycles. The molecule has 1 aliphatic carbocycles. The Morgan fingerprint density at radius 2 is 1.83 bits per heavy atom. The molecule has 0 bridgehead atoms. The summed E-state index contributed by atoms with van der Waals surface area (Å²) in [6.45, 7) is 2.20. The van der Waals surface area contributed by atoms with Gasteiger partial charge in [0.1, 0.15) is 0 Å². The van der Waals surface area contributed by atoms with Crippen LogP contribution in [0.2, 0.25) is 0 Å². The Balaban J connectivity index is 2.07. The van der Waals surface area contributed by atoms with Gasteiger partial charge < -0.3 is 5.32 Å². The molecule has 1 N–H and O–H groups in total. The molecule has 2 rings (SSSR count). The molecule has 0 unspecified atom stereocenters. The van der Waals surface area contributed by atoms with Crippen LogP contribution in [0.25, 0.3) is 0 Å². The molecule has 0 spiro atoms. The summed E-state index contributed by atoms with van der Waals surface area (Å²) in [6.07, 6.45) is 8.32. The molecule has 18 heavy (non-hydrogen) atoms. The first-order valence-electron chi connectivity index (χ1n) is 7.13. The van der Waals surface area contributed by atoms with E-state index in [1.54, 1.807) is 0 Å². The van der Waals surface area contributed by atoms with Crippen LogP contribution in [0.3, 0.4) is 0 Å². The predicted octanol–water partition coefficient (Wildman–Crippen LogP) is 3.92. The zero-order valence-electron chi connectivity index (χ0n) is 11.2. The predicted molar refractivity (Wildman–Crippen MR) is 74.6 cm³/mol. The van der Waals surface area contributed by atoms with Crippen LogP contribution in [0.5, 0.6) is 0 Å². The van der Waals surface area contributed by atoms with Gasteiger partial charge in [0.05, 0.1) is 0 Å². The van der Waals surface area contributed by atoms with E-state index in [4.69, 9.17) is 0 Å². The van der Waals surface area contributed by atoms with Crippen LogP contribution < -0.4 is 5.32 Å². The molecule has 98 valence electrons. The fraction of sp³-hybridized carbons (Fsp3) is 0.562. The second-order valence-electron chi connectivity index (χ2n) is 5.41. The summed E-state index contributed by atoms with van der Waals surface area (Å²) in [5.41, 5.74) is 0.832. The quantitative estimate of drug-likeness (QED) is 0.856. The fourth-order valence-corrected chi connectivity index (χ4v) is 3.05. The third kappa shape index (κ3) is 3.12. The molecule has 2 heteroatoms. The minimum atomic E-state index is 0.0555. The highest BCUT2D eigenvalue weighted by molar-refractivity contribution is 5.94. The van der Waals surface area contributed by atoms with Crippen LogP contribution in [0.15, 0.2) is 30.3 Å². The summed E-state index contributed by atoms with van der Waals surface area (Å²) in [4.78, 5) is 12.3. The molecular formula is C16H23NO. The highest BCUT2D eigenvalue weighted by Crippen LogP contribution is 2.32. The third-order valence-corrected chi connectivity index (χ3v) is 3.95. The first-order valence-corrected chi connectivity index (χ1v) is 7.13. The van der Waals surface area contributed by atoms with Gasteiger partial charge in [-0.25, -0.2) is 0 Å². The Hall–Kier alpha value is -1.31. The number of carbonyl (C=O) groups excluding carboxylic acids is 1. The topological polar surface area (TPSA) is 29.1 Å². The van der Waals surface area contributed by atoms with E-state index in [-0.39, 0.29) is 11.4 Å². The van der Waals surface area contributed by atoms with Crippen molar-refractivity contribution in [2.45, 2.75) is 57.4 Å². The van der Waals surface area contributed by atoms with E-state index >= 15 is 0 Å². The van der Waals surface area contributed by atoms with Gasteiger partial charge >= 0.3 is 0 Å². The van der Waals surface area contributed by atoms with Crippen molar-refractivity contribution < 1.29 is 4.79 Å². The van der Waals surface area contributed by atoms with E-state index in [0.717, 1.165) is 31.2 Å².